The molecule has 0 amide bonds. The average molecular weight is 197 g/mol. The largest absolute Gasteiger partial charge is 0.361 e. The van der Waals surface area contributed by atoms with Crippen LogP contribution in [0.25, 0.3) is 0 Å². The molecule has 7 heteroatoms. The number of nitrogens with one attached hydrogen (secondary N) is 3. The Labute approximate surface area is 71.9 Å². The average Bonchev–Trinajstić information content (AvgIpc) is 1.98. The smallest absolute Gasteiger partial charge is 0.322 e. The second kappa shape index (κ2) is 4.32. The first-order chi connectivity index (χ1) is 5.43. The number of hydrogen-bond acceptors (Lipinski definition) is 4. The molecule has 5 N–H and O–H groups in total. The summed E-state index contributed by atoms with van der Waals surface area (Å²) < 4.78 is 11.0. The van der Waals surface area contributed by atoms with Gasteiger partial charge in [0.05, 0.1) is 0 Å². The minimum absolute atomic E-state index is 0.143. The Morgan fingerprint density at radius 3 is 1.75 bits per heavy atom. The summed E-state index contributed by atoms with van der Waals surface area (Å²) in [5.41, 5.74) is 0. The molecule has 0 radical (unpaired) electrons. The molecule has 0 fully saturated rings. The predicted molar refractivity (Wildman–Crippen MR) is 46.8 cm³/mol. The van der Waals surface area contributed by atoms with E-state index in [2.05, 4.69) is 16.0 Å². The lowest BCUT2D eigenvalue weighted by Gasteiger charge is -2.33. The maximum Gasteiger partial charge on any atom is 0.361 e. The molecule has 0 unspecified atom stereocenters. The van der Waals surface area contributed by atoms with Gasteiger partial charge in [-0.1, -0.05) is 0 Å². The summed E-state index contributed by atoms with van der Waals surface area (Å²) in [5.74, 6) is 0. The summed E-state index contributed by atoms with van der Waals surface area (Å²) in [6.45, 7) is 0.143. The Kier molecular flexibility index (Phi) is 4.33. The zero-order valence-corrected chi connectivity index (χ0v) is 8.35. The van der Waals surface area contributed by atoms with Crippen LogP contribution in [0.5, 0.6) is 0 Å². The van der Waals surface area contributed by atoms with E-state index < -0.39 is 13.0 Å². The molecule has 0 aliphatic rings. The second-order valence-corrected chi connectivity index (χ2v) is 4.29. The highest BCUT2D eigenvalue weighted by atomic mass is 31.2. The highest BCUT2D eigenvalue weighted by molar-refractivity contribution is 7.53. The fraction of sp³-hybridized carbons (Fsp3) is 1.00. The Hall–Kier alpha value is 0.0300. The predicted octanol–water partition coefficient (Wildman–Crippen LogP) is -1.52. The van der Waals surface area contributed by atoms with Gasteiger partial charge in [0, 0.05) is 6.54 Å². The van der Waals surface area contributed by atoms with Crippen molar-refractivity contribution in [2.24, 2.45) is 0 Å². The third-order valence-electron chi connectivity index (χ3n) is 1.76. The zero-order valence-electron chi connectivity index (χ0n) is 7.46. The van der Waals surface area contributed by atoms with Crippen molar-refractivity contribution >= 4 is 7.60 Å². The molecule has 0 aliphatic heterocycles. The van der Waals surface area contributed by atoms with Gasteiger partial charge in [-0.05, 0) is 21.1 Å². The number of hydrogen-bond donors (Lipinski definition) is 5. The van der Waals surface area contributed by atoms with Crippen LogP contribution in [0, 0.1) is 0 Å². The summed E-state index contributed by atoms with van der Waals surface area (Å²) in [7, 11) is 0.402. The molecule has 0 spiro atoms. The van der Waals surface area contributed by atoms with Gasteiger partial charge in [0.2, 0.25) is 0 Å². The van der Waals surface area contributed by atoms with Crippen molar-refractivity contribution in [3.05, 3.63) is 0 Å². The zero-order chi connectivity index (χ0) is 9.83. The first kappa shape index (κ1) is 12.0. The summed E-state index contributed by atoms with van der Waals surface area (Å²) in [4.78, 5) is 18.0. The standard InChI is InChI=1S/C5H16N3O3P/c1-6-4-5(7-2,8-3)12(9,10)11/h6-8H,4H2,1-3H3,(H2,9,10,11). The fourth-order valence-electron chi connectivity index (χ4n) is 0.952. The lowest BCUT2D eigenvalue weighted by molar-refractivity contribution is 0.277. The van der Waals surface area contributed by atoms with Gasteiger partial charge in [-0.15, -0.1) is 0 Å². The van der Waals surface area contributed by atoms with Crippen molar-refractivity contribution in [2.75, 3.05) is 27.7 Å². The normalized spacial score (nSPS) is 13.4. The van der Waals surface area contributed by atoms with Gasteiger partial charge < -0.3 is 15.1 Å². The first-order valence-electron chi connectivity index (χ1n) is 3.51. The molecule has 0 saturated carbocycles. The van der Waals surface area contributed by atoms with E-state index in [1.165, 1.54) is 14.1 Å². The molecule has 0 heterocycles. The van der Waals surface area contributed by atoms with E-state index in [9.17, 15) is 4.57 Å². The maximum absolute atomic E-state index is 11.0. The number of rotatable bonds is 5. The van der Waals surface area contributed by atoms with E-state index in [1.54, 1.807) is 7.05 Å². The van der Waals surface area contributed by atoms with Crippen LogP contribution in [0.3, 0.4) is 0 Å². The van der Waals surface area contributed by atoms with Crippen LogP contribution >= 0.6 is 7.60 Å². The van der Waals surface area contributed by atoms with Crippen LogP contribution in [0.1, 0.15) is 0 Å². The van der Waals surface area contributed by atoms with Crippen LogP contribution in [-0.4, -0.2) is 42.9 Å². The van der Waals surface area contributed by atoms with E-state index in [0.717, 1.165) is 0 Å². The Morgan fingerprint density at radius 1 is 1.25 bits per heavy atom. The van der Waals surface area contributed by atoms with Crippen molar-refractivity contribution in [3.8, 4) is 0 Å². The van der Waals surface area contributed by atoms with E-state index in [4.69, 9.17) is 9.79 Å². The van der Waals surface area contributed by atoms with Crippen LogP contribution < -0.4 is 16.0 Å². The third-order valence-corrected chi connectivity index (χ3v) is 3.36. The van der Waals surface area contributed by atoms with Gasteiger partial charge in [-0.2, -0.15) is 0 Å². The van der Waals surface area contributed by atoms with Gasteiger partial charge in [0.25, 0.3) is 0 Å². The minimum Gasteiger partial charge on any atom is -0.322 e. The maximum atomic E-state index is 11.0. The molecule has 0 aliphatic carbocycles. The van der Waals surface area contributed by atoms with Gasteiger partial charge in [0.1, 0.15) is 0 Å². The van der Waals surface area contributed by atoms with E-state index in [0.29, 0.717) is 0 Å². The summed E-state index contributed by atoms with van der Waals surface area (Å²) in [6.07, 6.45) is 0. The molecule has 0 aromatic heterocycles. The van der Waals surface area contributed by atoms with Gasteiger partial charge in [0.15, 0.2) is 5.40 Å². The SMILES string of the molecule is CNCC(NC)(NC)P(=O)(O)O. The van der Waals surface area contributed by atoms with Crippen LogP contribution in [0.2, 0.25) is 0 Å². The van der Waals surface area contributed by atoms with Crippen LogP contribution in [-0.2, 0) is 4.57 Å². The third kappa shape index (κ3) is 2.26. The van der Waals surface area contributed by atoms with Crippen molar-refractivity contribution in [2.45, 2.75) is 5.40 Å². The lowest BCUT2D eigenvalue weighted by atomic mass is 10.5. The molecule has 0 bridgehead atoms. The minimum atomic E-state index is -4.21. The first-order valence-corrected chi connectivity index (χ1v) is 5.13. The quantitative estimate of drug-likeness (QED) is 0.271. The van der Waals surface area contributed by atoms with Gasteiger partial charge >= 0.3 is 7.60 Å². The summed E-state index contributed by atoms with van der Waals surface area (Å²) >= 11 is 0. The molecule has 0 aromatic rings. The van der Waals surface area contributed by atoms with Crippen molar-refractivity contribution in [1.29, 1.82) is 0 Å². The molecule has 12 heavy (non-hydrogen) atoms. The molecule has 0 rings (SSSR count). The highest BCUT2D eigenvalue weighted by Crippen LogP contribution is 2.46. The van der Waals surface area contributed by atoms with E-state index in [1.807, 2.05) is 0 Å². The summed E-state index contributed by atoms with van der Waals surface area (Å²) in [6, 6.07) is 0. The monoisotopic (exact) mass is 197 g/mol. The topological polar surface area (TPSA) is 93.6 Å². The Bertz CT molecular complexity index is 177. The molecule has 6 nitrogen and oxygen atoms in total. The van der Waals surface area contributed by atoms with E-state index in [-0.39, 0.29) is 6.54 Å². The number of likely N-dealkylation sites (N-methyl/N-ethyl adjacent to an activating group) is 3. The van der Waals surface area contributed by atoms with Crippen LogP contribution in [0.15, 0.2) is 0 Å². The van der Waals surface area contributed by atoms with Gasteiger partial charge in [-0.25, -0.2) is 0 Å². The molecule has 74 valence electrons. The van der Waals surface area contributed by atoms with Gasteiger partial charge in [-0.3, -0.25) is 15.2 Å². The Balaban J connectivity index is 4.70. The van der Waals surface area contributed by atoms with Crippen molar-refractivity contribution in [3.63, 3.8) is 0 Å². The Morgan fingerprint density at radius 2 is 1.67 bits per heavy atom. The lowest BCUT2D eigenvalue weighted by Crippen LogP contribution is -2.59. The van der Waals surface area contributed by atoms with Crippen molar-refractivity contribution in [1.82, 2.24) is 16.0 Å². The van der Waals surface area contributed by atoms with Crippen LogP contribution in [0.4, 0.5) is 0 Å². The molecular formula is C5H16N3O3P. The fourth-order valence-corrected chi connectivity index (χ4v) is 1.90. The summed E-state index contributed by atoms with van der Waals surface area (Å²) in [5, 5.41) is 6.47. The highest BCUT2D eigenvalue weighted by Gasteiger charge is 2.43. The molecular weight excluding hydrogens is 181 g/mol. The van der Waals surface area contributed by atoms with Crippen molar-refractivity contribution < 1.29 is 14.4 Å². The molecule has 0 saturated heterocycles. The molecule has 0 atom stereocenters. The second-order valence-electron chi connectivity index (χ2n) is 2.43. The molecule has 0 aromatic carbocycles. The van der Waals surface area contributed by atoms with E-state index >= 15 is 0 Å².